The molecule has 170 valence electrons. The summed E-state index contributed by atoms with van der Waals surface area (Å²) >= 11 is 5.96. The second-order valence-corrected chi connectivity index (χ2v) is 7.89. The number of anilines is 1. The van der Waals surface area contributed by atoms with Gasteiger partial charge in [-0.3, -0.25) is 9.69 Å². The molecular weight excluding hydrogens is 447 g/mol. The van der Waals surface area contributed by atoms with E-state index in [1.807, 2.05) is 0 Å². The summed E-state index contributed by atoms with van der Waals surface area (Å²) in [6.45, 7) is 3.37. The average molecular weight is 468 g/mol. The van der Waals surface area contributed by atoms with E-state index in [0.717, 1.165) is 17.1 Å². The van der Waals surface area contributed by atoms with Crippen LogP contribution in [0.2, 0.25) is 5.02 Å². The van der Waals surface area contributed by atoms with Crippen LogP contribution in [0.25, 0.3) is 0 Å². The van der Waals surface area contributed by atoms with Gasteiger partial charge in [-0.15, -0.1) is 0 Å². The summed E-state index contributed by atoms with van der Waals surface area (Å²) in [6, 6.07) is 10.2. The summed E-state index contributed by atoms with van der Waals surface area (Å²) in [4.78, 5) is 27.0. The van der Waals surface area contributed by atoms with Crippen LogP contribution in [0, 0.1) is 5.41 Å². The summed E-state index contributed by atoms with van der Waals surface area (Å²) in [5, 5.41) is 5.99. The molecule has 2 aromatic carbocycles. The van der Waals surface area contributed by atoms with Gasteiger partial charge in [-0.25, -0.2) is 9.80 Å². The molecule has 2 amide bonds. The first-order valence-electron chi connectivity index (χ1n) is 9.72. The normalized spacial score (nSPS) is 18.3. The smallest absolute Gasteiger partial charge is 0.416 e. The van der Waals surface area contributed by atoms with Crippen molar-refractivity contribution in [1.29, 1.82) is 0 Å². The van der Waals surface area contributed by atoms with Crippen molar-refractivity contribution in [2.45, 2.75) is 20.0 Å². The van der Waals surface area contributed by atoms with Gasteiger partial charge in [0.05, 0.1) is 24.4 Å². The fourth-order valence-corrected chi connectivity index (χ4v) is 3.47. The van der Waals surface area contributed by atoms with Gasteiger partial charge in [-0.05, 0) is 55.8 Å². The Labute approximate surface area is 188 Å². The highest BCUT2D eigenvalue weighted by atomic mass is 35.5. The highest BCUT2D eigenvalue weighted by Gasteiger charge is 2.49. The van der Waals surface area contributed by atoms with E-state index in [1.54, 1.807) is 38.1 Å². The number of urea groups is 1. The third-order valence-corrected chi connectivity index (χ3v) is 5.39. The lowest BCUT2D eigenvalue weighted by Crippen LogP contribution is -2.44. The first kappa shape index (κ1) is 23.6. The number of ether oxygens (including phenoxy) is 1. The van der Waals surface area contributed by atoms with Crippen LogP contribution in [0.1, 0.15) is 25.0 Å². The summed E-state index contributed by atoms with van der Waals surface area (Å²) in [5.74, 6) is -0.541. The van der Waals surface area contributed by atoms with Gasteiger partial charge in [0.15, 0.2) is 0 Å². The fourth-order valence-electron chi connectivity index (χ4n) is 3.34. The predicted octanol–water partition coefficient (Wildman–Crippen LogP) is 5.20. The molecule has 1 atom stereocenters. The Morgan fingerprint density at radius 1 is 1.16 bits per heavy atom. The number of amides is 2. The Bertz CT molecular complexity index is 1040. The summed E-state index contributed by atoms with van der Waals surface area (Å²) in [5.41, 5.74) is -0.878. The van der Waals surface area contributed by atoms with Crippen LogP contribution >= 0.6 is 11.6 Å². The number of halogens is 4. The molecule has 6 nitrogen and oxygen atoms in total. The lowest BCUT2D eigenvalue weighted by atomic mass is 9.82. The van der Waals surface area contributed by atoms with E-state index in [2.05, 4.69) is 5.10 Å². The van der Waals surface area contributed by atoms with Crippen molar-refractivity contribution in [2.75, 3.05) is 25.1 Å². The lowest BCUT2D eigenvalue weighted by molar-refractivity contribution is -0.150. The molecule has 1 aliphatic heterocycles. The maximum absolute atomic E-state index is 13.1. The zero-order valence-corrected chi connectivity index (χ0v) is 18.4. The number of hydrogen-bond donors (Lipinski definition) is 0. The van der Waals surface area contributed by atoms with E-state index in [9.17, 15) is 22.8 Å². The molecule has 0 saturated carbocycles. The van der Waals surface area contributed by atoms with Crippen molar-refractivity contribution in [3.05, 3.63) is 64.7 Å². The molecule has 0 N–H and O–H groups in total. The molecule has 0 aromatic heterocycles. The molecule has 0 aliphatic carbocycles. The van der Waals surface area contributed by atoms with Gasteiger partial charge in [0.2, 0.25) is 0 Å². The summed E-state index contributed by atoms with van der Waals surface area (Å²) in [6.07, 6.45) is -4.48. The number of carbonyl (C=O) groups is 2. The molecule has 1 unspecified atom stereocenters. The number of carbonyl (C=O) groups excluding carboxylic acids is 2. The first-order valence-corrected chi connectivity index (χ1v) is 10.1. The molecule has 1 heterocycles. The van der Waals surface area contributed by atoms with Crippen molar-refractivity contribution in [3.8, 4) is 0 Å². The Morgan fingerprint density at radius 2 is 1.75 bits per heavy atom. The maximum atomic E-state index is 13.1. The minimum absolute atomic E-state index is 0.0897. The zero-order chi connectivity index (χ0) is 23.7. The van der Waals surface area contributed by atoms with Crippen LogP contribution < -0.4 is 4.90 Å². The quantitative estimate of drug-likeness (QED) is 0.580. The van der Waals surface area contributed by atoms with Gasteiger partial charge in [0, 0.05) is 17.8 Å². The monoisotopic (exact) mass is 467 g/mol. The van der Waals surface area contributed by atoms with E-state index in [4.69, 9.17) is 16.3 Å². The van der Waals surface area contributed by atoms with Crippen molar-refractivity contribution in [1.82, 2.24) is 5.01 Å². The number of benzene rings is 2. The fraction of sp³-hybridized carbons (Fsp3) is 0.318. The number of esters is 1. The van der Waals surface area contributed by atoms with Crippen LogP contribution in [0.3, 0.4) is 0 Å². The molecule has 0 fully saturated rings. The number of rotatable bonds is 4. The van der Waals surface area contributed by atoms with Gasteiger partial charge >= 0.3 is 18.2 Å². The Hall–Kier alpha value is -3.07. The third kappa shape index (κ3) is 4.57. The summed E-state index contributed by atoms with van der Waals surface area (Å²) < 4.78 is 43.7. The average Bonchev–Trinajstić information content (AvgIpc) is 3.11. The molecule has 0 radical (unpaired) electrons. The van der Waals surface area contributed by atoms with Crippen molar-refractivity contribution in [2.24, 2.45) is 10.5 Å². The van der Waals surface area contributed by atoms with E-state index in [0.29, 0.717) is 16.3 Å². The van der Waals surface area contributed by atoms with Crippen LogP contribution in [0.4, 0.5) is 23.7 Å². The van der Waals surface area contributed by atoms with Gasteiger partial charge in [-0.2, -0.15) is 18.3 Å². The van der Waals surface area contributed by atoms with Crippen LogP contribution in [0.15, 0.2) is 53.6 Å². The zero-order valence-electron chi connectivity index (χ0n) is 17.6. The Kier molecular flexibility index (Phi) is 6.50. The van der Waals surface area contributed by atoms with Crippen LogP contribution in [-0.4, -0.2) is 42.9 Å². The molecule has 1 aliphatic rings. The first-order chi connectivity index (χ1) is 15.0. The highest BCUT2D eigenvalue weighted by molar-refractivity contribution is 6.30. The number of hydrogen-bond acceptors (Lipinski definition) is 4. The molecule has 3 rings (SSSR count). The Balaban J connectivity index is 1.92. The largest absolute Gasteiger partial charge is 0.465 e. The molecule has 0 bridgehead atoms. The van der Waals surface area contributed by atoms with Crippen molar-refractivity contribution < 1.29 is 27.5 Å². The molecule has 10 heteroatoms. The SMILES string of the molecule is CCOC(=O)C1(C)CN(C(=O)N(C)c2ccc(C(F)(F)F)cc2)N=C1c1ccc(Cl)cc1. The molecule has 0 saturated heterocycles. The highest BCUT2D eigenvalue weighted by Crippen LogP contribution is 2.35. The molecular formula is C22H21ClF3N3O3. The summed E-state index contributed by atoms with van der Waals surface area (Å²) in [7, 11) is 1.42. The number of nitrogens with zero attached hydrogens (tertiary/aromatic N) is 3. The van der Waals surface area contributed by atoms with E-state index in [-0.39, 0.29) is 18.8 Å². The molecule has 32 heavy (non-hydrogen) atoms. The van der Waals surface area contributed by atoms with Crippen molar-refractivity contribution >= 4 is 35.0 Å². The van der Waals surface area contributed by atoms with Crippen molar-refractivity contribution in [3.63, 3.8) is 0 Å². The number of alkyl halides is 3. The standard InChI is InChI=1S/C22H21ClF3N3O3/c1-4-32-19(30)21(2)13-29(27-18(21)14-5-9-16(23)10-6-14)20(31)28(3)17-11-7-15(8-12-17)22(24,25)26/h5-12H,4,13H2,1-3H3. The molecule has 0 spiro atoms. The number of hydrazone groups is 1. The predicted molar refractivity (Wildman–Crippen MR) is 115 cm³/mol. The van der Waals surface area contributed by atoms with E-state index >= 15 is 0 Å². The van der Waals surface area contributed by atoms with Gasteiger partial charge in [0.1, 0.15) is 5.41 Å². The molecule has 2 aromatic rings. The maximum Gasteiger partial charge on any atom is 0.416 e. The van der Waals surface area contributed by atoms with Gasteiger partial charge in [-0.1, -0.05) is 23.7 Å². The topological polar surface area (TPSA) is 62.2 Å². The second kappa shape index (κ2) is 8.82. The second-order valence-electron chi connectivity index (χ2n) is 7.45. The van der Waals surface area contributed by atoms with Crippen LogP contribution in [-0.2, 0) is 15.7 Å². The van der Waals surface area contributed by atoms with Gasteiger partial charge < -0.3 is 4.74 Å². The van der Waals surface area contributed by atoms with Gasteiger partial charge in [0.25, 0.3) is 0 Å². The van der Waals surface area contributed by atoms with E-state index < -0.39 is 29.2 Å². The Morgan fingerprint density at radius 3 is 2.28 bits per heavy atom. The minimum atomic E-state index is -4.48. The lowest BCUT2D eigenvalue weighted by Gasteiger charge is -2.26. The third-order valence-electron chi connectivity index (χ3n) is 5.14. The van der Waals surface area contributed by atoms with Crippen LogP contribution in [0.5, 0.6) is 0 Å². The van der Waals surface area contributed by atoms with E-state index in [1.165, 1.54) is 24.1 Å². The minimum Gasteiger partial charge on any atom is -0.465 e.